The first-order valence-corrected chi connectivity index (χ1v) is 14.6. The zero-order valence-electron chi connectivity index (χ0n) is 24.4. The van der Waals surface area contributed by atoms with Crippen molar-refractivity contribution in [1.29, 1.82) is 0 Å². The highest BCUT2D eigenvalue weighted by Gasteiger charge is 2.30. The quantitative estimate of drug-likeness (QED) is 0.198. The van der Waals surface area contributed by atoms with Crippen molar-refractivity contribution in [2.75, 3.05) is 18.0 Å². The van der Waals surface area contributed by atoms with Gasteiger partial charge in [-0.3, -0.25) is 9.48 Å². The smallest absolute Gasteiger partial charge is 0.256 e. The number of carbonyl (C=O) groups excluding carboxylic acids is 1. The predicted molar refractivity (Wildman–Crippen MR) is 168 cm³/mol. The minimum atomic E-state index is -0.329. The number of aromatic nitrogens is 2. The number of aryl methyl sites for hydroxylation is 2. The summed E-state index contributed by atoms with van der Waals surface area (Å²) in [5, 5.41) is 5.47. The number of carbonyl (C=O) groups is 1. The molecule has 1 saturated heterocycles. The zero-order chi connectivity index (χ0) is 30.1. The fraction of sp³-hybridized carbons (Fsp3) is 0.222. The Balaban J connectivity index is 1.22. The lowest BCUT2D eigenvalue weighted by Crippen LogP contribution is -2.40. The highest BCUT2D eigenvalue weighted by molar-refractivity contribution is 6.08. The maximum atomic E-state index is 14.0. The third kappa shape index (κ3) is 5.67. The van der Waals surface area contributed by atoms with Gasteiger partial charge in [0.1, 0.15) is 17.3 Å². The van der Waals surface area contributed by atoms with Crippen molar-refractivity contribution >= 4 is 22.5 Å². The molecule has 0 radical (unpaired) electrons. The molecule has 1 aliphatic rings. The number of amides is 1. The van der Waals surface area contributed by atoms with Crippen LogP contribution in [0.1, 0.15) is 34.3 Å². The summed E-state index contributed by atoms with van der Waals surface area (Å²) in [5.41, 5.74) is 6.65. The van der Waals surface area contributed by atoms with Crippen LogP contribution in [-0.2, 0) is 13.6 Å². The summed E-state index contributed by atoms with van der Waals surface area (Å²) in [6, 6.07) is 26.8. The van der Waals surface area contributed by atoms with Gasteiger partial charge in [-0.2, -0.15) is 5.10 Å². The number of anilines is 1. The molecule has 1 aromatic heterocycles. The number of benzene rings is 4. The van der Waals surface area contributed by atoms with Gasteiger partial charge in [0.25, 0.3) is 5.91 Å². The fourth-order valence-corrected chi connectivity index (χ4v) is 6.19. The van der Waals surface area contributed by atoms with Crippen molar-refractivity contribution in [3.8, 4) is 11.3 Å². The van der Waals surface area contributed by atoms with Crippen LogP contribution in [0.5, 0.6) is 0 Å². The van der Waals surface area contributed by atoms with Crippen LogP contribution < -0.4 is 4.90 Å². The molecule has 43 heavy (non-hydrogen) atoms. The number of hydrogen-bond acceptors (Lipinski definition) is 3. The molecule has 7 heteroatoms. The highest BCUT2D eigenvalue weighted by Crippen LogP contribution is 2.35. The molecule has 0 aliphatic carbocycles. The molecule has 4 aromatic carbocycles. The van der Waals surface area contributed by atoms with Gasteiger partial charge in [-0.1, -0.05) is 61.2 Å². The second kappa shape index (κ2) is 11.8. The number of hydrogen-bond donors (Lipinski definition) is 0. The Kier molecular flexibility index (Phi) is 7.80. The van der Waals surface area contributed by atoms with E-state index in [4.69, 9.17) is 0 Å². The lowest BCUT2D eigenvalue weighted by molar-refractivity contribution is 0.0703. The van der Waals surface area contributed by atoms with Crippen LogP contribution >= 0.6 is 0 Å². The van der Waals surface area contributed by atoms with Crippen LogP contribution in [-0.4, -0.2) is 33.7 Å². The van der Waals surface area contributed by atoms with Crippen molar-refractivity contribution in [2.24, 2.45) is 13.0 Å². The number of likely N-dealkylation sites (tertiary alicyclic amines) is 1. The minimum Gasteiger partial charge on any atom is -0.341 e. The van der Waals surface area contributed by atoms with Crippen LogP contribution in [0.15, 0.2) is 103 Å². The molecular formula is C36H34F2N4O. The number of nitrogens with zero attached hydrogens (tertiary/aromatic N) is 4. The van der Waals surface area contributed by atoms with E-state index in [2.05, 4.69) is 35.6 Å². The van der Waals surface area contributed by atoms with Crippen LogP contribution in [0.3, 0.4) is 0 Å². The zero-order valence-corrected chi connectivity index (χ0v) is 24.4. The Morgan fingerprint density at radius 1 is 0.930 bits per heavy atom. The summed E-state index contributed by atoms with van der Waals surface area (Å²) in [6.45, 7) is 8.29. The Bertz CT molecular complexity index is 1820. The van der Waals surface area contributed by atoms with Crippen molar-refractivity contribution in [1.82, 2.24) is 14.7 Å². The average molecular weight is 577 g/mol. The molecular weight excluding hydrogens is 542 g/mol. The molecule has 5 aromatic rings. The fourth-order valence-electron chi connectivity index (χ4n) is 6.19. The van der Waals surface area contributed by atoms with E-state index in [0.29, 0.717) is 36.5 Å². The predicted octanol–water partition coefficient (Wildman–Crippen LogP) is 7.90. The summed E-state index contributed by atoms with van der Waals surface area (Å²) in [6.07, 6.45) is 1.54. The van der Waals surface area contributed by atoms with E-state index in [1.165, 1.54) is 18.2 Å². The number of rotatable bonds is 7. The molecule has 218 valence electrons. The molecule has 0 spiro atoms. The third-order valence-electron chi connectivity index (χ3n) is 8.43. The Morgan fingerprint density at radius 2 is 1.63 bits per heavy atom. The van der Waals surface area contributed by atoms with Crippen LogP contribution in [0.2, 0.25) is 0 Å². The van der Waals surface area contributed by atoms with Crippen LogP contribution in [0, 0.1) is 24.5 Å². The summed E-state index contributed by atoms with van der Waals surface area (Å²) < 4.78 is 29.7. The van der Waals surface area contributed by atoms with Crippen molar-refractivity contribution < 1.29 is 13.6 Å². The van der Waals surface area contributed by atoms with E-state index in [1.54, 1.807) is 22.9 Å². The van der Waals surface area contributed by atoms with E-state index in [0.717, 1.165) is 46.3 Å². The summed E-state index contributed by atoms with van der Waals surface area (Å²) >= 11 is 0. The van der Waals surface area contributed by atoms with E-state index in [9.17, 15) is 13.6 Å². The average Bonchev–Trinajstić information content (AvgIpc) is 3.36. The number of fused-ring (bicyclic) bond motifs is 1. The van der Waals surface area contributed by atoms with Gasteiger partial charge in [0.2, 0.25) is 0 Å². The lowest BCUT2D eigenvalue weighted by atomic mass is 9.91. The molecule has 0 atom stereocenters. The standard InChI is InChI=1S/C36H34F2N4O/c1-24-9-4-5-16-33(24)42(23-26-10-6-12-29(37)21-26)25(2)27-17-19-41(20-18-27)36(43)32-15-8-14-31-34(39-40(3)35(31)32)28-11-7-13-30(38)22-28/h4-16,21-22,27H,2,17-20,23H2,1,3H3. The van der Waals surface area contributed by atoms with Gasteiger partial charge in [-0.25, -0.2) is 8.78 Å². The van der Waals surface area contributed by atoms with Crippen molar-refractivity contribution in [3.63, 3.8) is 0 Å². The largest absolute Gasteiger partial charge is 0.341 e. The second-order valence-electron chi connectivity index (χ2n) is 11.2. The first-order valence-electron chi connectivity index (χ1n) is 14.6. The maximum absolute atomic E-state index is 14.0. The Morgan fingerprint density at radius 3 is 2.35 bits per heavy atom. The van der Waals surface area contributed by atoms with Crippen molar-refractivity contribution in [2.45, 2.75) is 26.3 Å². The third-order valence-corrected chi connectivity index (χ3v) is 8.43. The molecule has 0 saturated carbocycles. The molecule has 0 N–H and O–H groups in total. The van der Waals surface area contributed by atoms with Crippen molar-refractivity contribution in [3.05, 3.63) is 132 Å². The Hall–Kier alpha value is -4.78. The first-order chi connectivity index (χ1) is 20.8. The van der Waals surface area contributed by atoms with Gasteiger partial charge < -0.3 is 9.80 Å². The van der Waals surface area contributed by atoms with E-state index < -0.39 is 0 Å². The normalized spacial score (nSPS) is 13.8. The maximum Gasteiger partial charge on any atom is 0.256 e. The summed E-state index contributed by atoms with van der Waals surface area (Å²) in [4.78, 5) is 18.0. The number of piperidine rings is 1. The van der Waals surface area contributed by atoms with Gasteiger partial charge in [0, 0.05) is 54.9 Å². The van der Waals surface area contributed by atoms with Gasteiger partial charge in [0.15, 0.2) is 0 Å². The molecule has 1 fully saturated rings. The topological polar surface area (TPSA) is 41.4 Å². The van der Waals surface area contributed by atoms with E-state index >= 15 is 0 Å². The van der Waals surface area contributed by atoms with Gasteiger partial charge in [-0.05, 0) is 67.3 Å². The summed E-state index contributed by atoms with van der Waals surface area (Å²) in [7, 11) is 1.82. The number of allylic oxidation sites excluding steroid dienone is 1. The first kappa shape index (κ1) is 28.3. The summed E-state index contributed by atoms with van der Waals surface area (Å²) in [5.74, 6) is -0.459. The van der Waals surface area contributed by atoms with Crippen LogP contribution in [0.4, 0.5) is 14.5 Å². The molecule has 6 rings (SSSR count). The van der Waals surface area contributed by atoms with Crippen LogP contribution in [0.25, 0.3) is 22.2 Å². The Labute approximate surface area is 250 Å². The van der Waals surface area contributed by atoms with Gasteiger partial charge >= 0.3 is 0 Å². The van der Waals surface area contributed by atoms with E-state index in [1.807, 2.05) is 54.4 Å². The number of halogens is 2. The molecule has 1 aliphatic heterocycles. The second-order valence-corrected chi connectivity index (χ2v) is 11.2. The van der Waals surface area contributed by atoms with Gasteiger partial charge in [0.05, 0.1) is 11.1 Å². The van der Waals surface area contributed by atoms with Gasteiger partial charge in [-0.15, -0.1) is 0 Å². The van der Waals surface area contributed by atoms with E-state index in [-0.39, 0.29) is 23.5 Å². The monoisotopic (exact) mass is 576 g/mol. The highest BCUT2D eigenvalue weighted by atomic mass is 19.1. The lowest BCUT2D eigenvalue weighted by Gasteiger charge is -2.38. The molecule has 5 nitrogen and oxygen atoms in total. The molecule has 1 amide bonds. The SMILES string of the molecule is C=C(C1CCN(C(=O)c2cccc3c(-c4cccc(F)c4)nn(C)c23)CC1)N(Cc1cccc(F)c1)c1ccccc1C. The molecule has 0 bridgehead atoms. The number of para-hydroxylation sites is 2. The molecule has 0 unspecified atom stereocenters. The molecule has 2 heterocycles. The minimum absolute atomic E-state index is 0.0426.